The molecule has 0 radical (unpaired) electrons. The molecule has 0 aliphatic rings. The van der Waals surface area contributed by atoms with Gasteiger partial charge in [0, 0.05) is 12.5 Å². The van der Waals surface area contributed by atoms with Gasteiger partial charge in [0.2, 0.25) is 0 Å². The number of carbonyl (C=O) groups excluding carboxylic acids is 2. The number of rotatable bonds is 5. The van der Waals surface area contributed by atoms with Crippen LogP contribution in [0.4, 0.5) is 4.79 Å². The van der Waals surface area contributed by atoms with Crippen LogP contribution in [0, 0.1) is 11.8 Å². The summed E-state index contributed by atoms with van der Waals surface area (Å²) in [7, 11) is 1.30. The molecule has 1 amide bonds. The van der Waals surface area contributed by atoms with E-state index < -0.39 is 6.09 Å². The fourth-order valence-corrected chi connectivity index (χ4v) is 1.50. The van der Waals surface area contributed by atoms with E-state index in [2.05, 4.69) is 26.0 Å². The van der Waals surface area contributed by atoms with Crippen LogP contribution in [-0.4, -0.2) is 30.9 Å². The first-order valence-electron chi connectivity index (χ1n) is 4.43. The molecule has 0 saturated heterocycles. The Morgan fingerprint density at radius 2 is 2.00 bits per heavy atom. The lowest BCUT2D eigenvalue weighted by Gasteiger charge is -2.18. The van der Waals surface area contributed by atoms with E-state index in [1.807, 2.05) is 13.8 Å². The molecule has 5 heteroatoms. The quantitative estimate of drug-likeness (QED) is 0.768. The van der Waals surface area contributed by atoms with E-state index in [4.69, 9.17) is 0 Å². The average Bonchev–Trinajstić information content (AvgIpc) is 2.16. The summed E-state index contributed by atoms with van der Waals surface area (Å²) in [6, 6.07) is 0. The number of amides is 1. The largest absolute Gasteiger partial charge is 0.453 e. The highest BCUT2D eigenvalue weighted by atomic mass is 79.9. The van der Waals surface area contributed by atoms with Gasteiger partial charge in [-0.1, -0.05) is 29.8 Å². The molecule has 1 unspecified atom stereocenters. The minimum absolute atomic E-state index is 0.0939. The molecule has 0 aliphatic heterocycles. The number of hydrogen-bond donors (Lipinski definition) is 1. The van der Waals surface area contributed by atoms with Gasteiger partial charge in [-0.2, -0.15) is 0 Å². The van der Waals surface area contributed by atoms with Crippen molar-refractivity contribution in [3.63, 3.8) is 0 Å². The minimum Gasteiger partial charge on any atom is -0.453 e. The summed E-state index contributed by atoms with van der Waals surface area (Å²) >= 11 is 3.11. The van der Waals surface area contributed by atoms with Gasteiger partial charge in [-0.25, -0.2) is 4.79 Å². The Hall–Kier alpha value is -0.580. The van der Waals surface area contributed by atoms with Gasteiger partial charge in [0.15, 0.2) is 0 Å². The van der Waals surface area contributed by atoms with Crippen LogP contribution in [0.3, 0.4) is 0 Å². The molecule has 0 aromatic carbocycles. The first-order valence-corrected chi connectivity index (χ1v) is 5.55. The van der Waals surface area contributed by atoms with E-state index >= 15 is 0 Å². The third-order valence-electron chi connectivity index (χ3n) is 2.00. The maximum Gasteiger partial charge on any atom is 0.406 e. The Kier molecular flexibility index (Phi) is 6.53. The third kappa shape index (κ3) is 4.60. The first kappa shape index (κ1) is 13.4. The van der Waals surface area contributed by atoms with Crippen LogP contribution in [0.1, 0.15) is 13.8 Å². The monoisotopic (exact) mass is 265 g/mol. The zero-order chi connectivity index (χ0) is 11.1. The number of alkyl halides is 1. The second kappa shape index (κ2) is 6.81. The second-order valence-corrected chi connectivity index (χ2v) is 3.88. The van der Waals surface area contributed by atoms with Crippen molar-refractivity contribution < 1.29 is 14.3 Å². The van der Waals surface area contributed by atoms with E-state index in [-0.39, 0.29) is 17.6 Å². The number of halogens is 1. The highest BCUT2D eigenvalue weighted by Gasteiger charge is 2.21. The number of ether oxygens (including phenoxy) is 1. The van der Waals surface area contributed by atoms with Gasteiger partial charge in [-0.3, -0.25) is 4.79 Å². The average molecular weight is 266 g/mol. The molecule has 0 fully saturated rings. The van der Waals surface area contributed by atoms with Gasteiger partial charge in [0.25, 0.3) is 0 Å². The Morgan fingerprint density at radius 1 is 1.43 bits per heavy atom. The van der Waals surface area contributed by atoms with Gasteiger partial charge in [0.1, 0.15) is 5.78 Å². The van der Waals surface area contributed by atoms with Crippen molar-refractivity contribution in [1.82, 2.24) is 5.32 Å². The van der Waals surface area contributed by atoms with Gasteiger partial charge >= 0.3 is 6.09 Å². The smallest absolute Gasteiger partial charge is 0.406 e. The van der Waals surface area contributed by atoms with Crippen molar-refractivity contribution in [3.8, 4) is 0 Å². The van der Waals surface area contributed by atoms with Crippen LogP contribution in [0.25, 0.3) is 0 Å². The molecule has 82 valence electrons. The summed E-state index contributed by atoms with van der Waals surface area (Å²) in [5, 5.41) is 2.84. The molecule has 1 N–H and O–H groups in total. The summed E-state index contributed by atoms with van der Waals surface area (Å²) in [4.78, 5) is 22.2. The van der Waals surface area contributed by atoms with E-state index in [1.165, 1.54) is 7.11 Å². The maximum absolute atomic E-state index is 11.4. The topological polar surface area (TPSA) is 55.4 Å². The number of alkyl carbamates (subject to hydrolysis) is 1. The van der Waals surface area contributed by atoms with Gasteiger partial charge in [-0.05, 0) is 5.92 Å². The SMILES string of the molecule is COC(=O)NCC(C(=O)CBr)C(C)C. The van der Waals surface area contributed by atoms with Gasteiger partial charge < -0.3 is 10.1 Å². The Labute approximate surface area is 92.5 Å². The van der Waals surface area contributed by atoms with Crippen molar-refractivity contribution in [3.05, 3.63) is 0 Å². The van der Waals surface area contributed by atoms with Crippen molar-refractivity contribution in [2.24, 2.45) is 11.8 Å². The normalized spacial score (nSPS) is 12.4. The highest BCUT2D eigenvalue weighted by molar-refractivity contribution is 9.09. The molecule has 0 heterocycles. The third-order valence-corrected chi connectivity index (χ3v) is 2.55. The zero-order valence-corrected chi connectivity index (χ0v) is 10.3. The molecular weight excluding hydrogens is 250 g/mol. The number of Topliss-reactive ketones (excluding diaryl/α,β-unsaturated/α-hetero) is 1. The molecule has 0 aliphatic carbocycles. The van der Waals surface area contributed by atoms with Crippen molar-refractivity contribution in [1.29, 1.82) is 0 Å². The Morgan fingerprint density at radius 3 is 2.36 bits per heavy atom. The Bertz CT molecular complexity index is 206. The van der Waals surface area contributed by atoms with Gasteiger partial charge in [0.05, 0.1) is 12.4 Å². The number of nitrogens with one attached hydrogen (secondary N) is 1. The molecule has 14 heavy (non-hydrogen) atoms. The lowest BCUT2D eigenvalue weighted by Crippen LogP contribution is -2.36. The summed E-state index contributed by atoms with van der Waals surface area (Å²) in [5.41, 5.74) is 0. The van der Waals surface area contributed by atoms with Crippen LogP contribution in [0.5, 0.6) is 0 Å². The van der Waals surface area contributed by atoms with Crippen molar-refractivity contribution in [2.75, 3.05) is 19.0 Å². The van der Waals surface area contributed by atoms with Crippen molar-refractivity contribution in [2.45, 2.75) is 13.8 Å². The summed E-state index contributed by atoms with van der Waals surface area (Å²) in [5.74, 6) is 0.141. The predicted molar refractivity (Wildman–Crippen MR) is 57.5 cm³/mol. The Balaban J connectivity index is 4.11. The molecule has 0 aromatic rings. The molecular formula is C9H16BrNO3. The fraction of sp³-hybridized carbons (Fsp3) is 0.778. The maximum atomic E-state index is 11.4. The lowest BCUT2D eigenvalue weighted by atomic mass is 9.92. The van der Waals surface area contributed by atoms with Crippen LogP contribution >= 0.6 is 15.9 Å². The number of carbonyl (C=O) groups is 2. The van der Waals surface area contributed by atoms with E-state index in [0.29, 0.717) is 11.9 Å². The lowest BCUT2D eigenvalue weighted by molar-refractivity contribution is -0.121. The summed E-state index contributed by atoms with van der Waals surface area (Å²) in [6.07, 6.45) is -0.502. The van der Waals surface area contributed by atoms with Crippen LogP contribution < -0.4 is 5.32 Å². The zero-order valence-electron chi connectivity index (χ0n) is 8.67. The molecule has 0 saturated carbocycles. The van der Waals surface area contributed by atoms with Crippen LogP contribution in [0.15, 0.2) is 0 Å². The van der Waals surface area contributed by atoms with Gasteiger partial charge in [-0.15, -0.1) is 0 Å². The second-order valence-electron chi connectivity index (χ2n) is 3.32. The number of methoxy groups -OCH3 is 1. The molecule has 1 atom stereocenters. The summed E-state index contributed by atoms with van der Waals surface area (Å²) < 4.78 is 4.42. The van der Waals surface area contributed by atoms with E-state index in [1.54, 1.807) is 0 Å². The highest BCUT2D eigenvalue weighted by Crippen LogP contribution is 2.12. The number of hydrogen-bond acceptors (Lipinski definition) is 3. The summed E-state index contributed by atoms with van der Waals surface area (Å²) in [6.45, 7) is 4.23. The first-order chi connectivity index (χ1) is 6.52. The standard InChI is InChI=1S/C9H16BrNO3/c1-6(2)7(8(12)4-10)5-11-9(13)14-3/h6-7H,4-5H2,1-3H3,(H,11,13). The predicted octanol–water partition coefficient (Wildman–Crippen LogP) is 1.58. The van der Waals surface area contributed by atoms with E-state index in [9.17, 15) is 9.59 Å². The molecule has 0 spiro atoms. The minimum atomic E-state index is -0.502. The van der Waals surface area contributed by atoms with Crippen LogP contribution in [-0.2, 0) is 9.53 Å². The molecule has 0 rings (SSSR count). The van der Waals surface area contributed by atoms with Crippen LogP contribution in [0.2, 0.25) is 0 Å². The number of ketones is 1. The van der Waals surface area contributed by atoms with E-state index in [0.717, 1.165) is 0 Å². The fourth-order valence-electron chi connectivity index (χ4n) is 1.09. The molecule has 4 nitrogen and oxygen atoms in total. The van der Waals surface area contributed by atoms with Crippen molar-refractivity contribution >= 4 is 27.8 Å². The molecule has 0 bridgehead atoms. The molecule has 0 aromatic heterocycles.